The van der Waals surface area contributed by atoms with Crippen LogP contribution in [0.25, 0.3) is 0 Å². The van der Waals surface area contributed by atoms with Crippen molar-refractivity contribution in [1.29, 1.82) is 5.26 Å². The van der Waals surface area contributed by atoms with Gasteiger partial charge in [0.25, 0.3) is 0 Å². The number of ether oxygens (including phenoxy) is 1. The highest BCUT2D eigenvalue weighted by atomic mass is 16.5. The van der Waals surface area contributed by atoms with Crippen LogP contribution in [-0.4, -0.2) is 44.3 Å². The topological polar surface area (TPSA) is 48.3 Å². The van der Waals surface area contributed by atoms with Crippen LogP contribution in [0.2, 0.25) is 0 Å². The summed E-state index contributed by atoms with van der Waals surface area (Å²) < 4.78 is 5.34. The molecule has 1 aromatic rings. The van der Waals surface area contributed by atoms with Crippen molar-refractivity contribution in [2.24, 2.45) is 0 Å². The molecule has 1 N–H and O–H groups in total. The van der Waals surface area contributed by atoms with E-state index in [0.717, 1.165) is 57.9 Å². The average molecular weight is 273 g/mol. The van der Waals surface area contributed by atoms with Gasteiger partial charge in [-0.05, 0) is 49.7 Å². The first-order valence-corrected chi connectivity index (χ1v) is 7.30. The molecule has 4 nitrogen and oxygen atoms in total. The third-order valence-electron chi connectivity index (χ3n) is 3.72. The van der Waals surface area contributed by atoms with Crippen molar-refractivity contribution in [1.82, 2.24) is 10.2 Å². The molecule has 0 amide bonds. The zero-order valence-electron chi connectivity index (χ0n) is 12.2. The molecule has 2 rings (SSSR count). The number of nitrogens with zero attached hydrogens (tertiary/aromatic N) is 2. The van der Waals surface area contributed by atoms with Gasteiger partial charge < -0.3 is 10.1 Å². The van der Waals surface area contributed by atoms with E-state index in [2.05, 4.69) is 23.2 Å². The average Bonchev–Trinajstić information content (AvgIpc) is 2.49. The molecular formula is C16H23N3O. The predicted octanol–water partition coefficient (Wildman–Crippen LogP) is 1.68. The van der Waals surface area contributed by atoms with Gasteiger partial charge in [0.05, 0.1) is 24.8 Å². The van der Waals surface area contributed by atoms with Gasteiger partial charge in [0.15, 0.2) is 0 Å². The zero-order chi connectivity index (χ0) is 14.2. The van der Waals surface area contributed by atoms with Crippen molar-refractivity contribution in [2.45, 2.75) is 19.9 Å². The van der Waals surface area contributed by atoms with E-state index in [1.54, 1.807) is 0 Å². The summed E-state index contributed by atoms with van der Waals surface area (Å²) in [7, 11) is 0. The van der Waals surface area contributed by atoms with Crippen LogP contribution in [-0.2, 0) is 11.3 Å². The van der Waals surface area contributed by atoms with Crippen LogP contribution >= 0.6 is 0 Å². The van der Waals surface area contributed by atoms with Gasteiger partial charge >= 0.3 is 0 Å². The van der Waals surface area contributed by atoms with Crippen molar-refractivity contribution in [3.63, 3.8) is 0 Å². The fraction of sp³-hybridized carbons (Fsp3) is 0.562. The first-order chi connectivity index (χ1) is 9.79. The van der Waals surface area contributed by atoms with Gasteiger partial charge in [0.1, 0.15) is 0 Å². The summed E-state index contributed by atoms with van der Waals surface area (Å²) in [5, 5.41) is 12.3. The first-order valence-electron chi connectivity index (χ1n) is 7.30. The summed E-state index contributed by atoms with van der Waals surface area (Å²) >= 11 is 0. The molecule has 0 bridgehead atoms. The summed E-state index contributed by atoms with van der Waals surface area (Å²) in [6.45, 7) is 8.98. The fourth-order valence-electron chi connectivity index (χ4n) is 2.44. The minimum atomic E-state index is 0.735. The third kappa shape index (κ3) is 4.61. The lowest BCUT2D eigenvalue weighted by Crippen LogP contribution is -2.37. The van der Waals surface area contributed by atoms with E-state index in [1.807, 2.05) is 18.2 Å². The van der Waals surface area contributed by atoms with Crippen LogP contribution in [0.15, 0.2) is 18.2 Å². The van der Waals surface area contributed by atoms with Crippen LogP contribution in [0.3, 0.4) is 0 Å². The molecule has 0 atom stereocenters. The smallest absolute Gasteiger partial charge is 0.0991 e. The molecule has 0 saturated carbocycles. The molecule has 1 aromatic carbocycles. The van der Waals surface area contributed by atoms with Gasteiger partial charge in [0.2, 0.25) is 0 Å². The Bertz CT molecular complexity index is 461. The Morgan fingerprint density at radius 3 is 2.85 bits per heavy atom. The molecule has 1 fully saturated rings. The Morgan fingerprint density at radius 2 is 2.15 bits per heavy atom. The molecule has 0 unspecified atom stereocenters. The number of rotatable bonds is 6. The van der Waals surface area contributed by atoms with Crippen molar-refractivity contribution < 1.29 is 4.74 Å². The molecule has 0 aromatic heterocycles. The second kappa shape index (κ2) is 8.01. The maximum Gasteiger partial charge on any atom is 0.0991 e. The van der Waals surface area contributed by atoms with Gasteiger partial charge in [0, 0.05) is 19.6 Å². The normalized spacial score (nSPS) is 16.0. The third-order valence-corrected chi connectivity index (χ3v) is 3.72. The summed E-state index contributed by atoms with van der Waals surface area (Å²) in [4.78, 5) is 2.46. The minimum absolute atomic E-state index is 0.735. The van der Waals surface area contributed by atoms with Crippen LogP contribution in [0.5, 0.6) is 0 Å². The van der Waals surface area contributed by atoms with Gasteiger partial charge in [-0.3, -0.25) is 4.90 Å². The zero-order valence-corrected chi connectivity index (χ0v) is 12.2. The SMILES string of the molecule is Cc1cc(C#N)ccc1CNCCCN1CCOCC1. The summed E-state index contributed by atoms with van der Waals surface area (Å²) in [6.07, 6.45) is 1.16. The standard InChI is InChI=1S/C16H23N3O/c1-14-11-15(12-17)3-4-16(14)13-18-5-2-6-19-7-9-20-10-8-19/h3-4,11,18H,2,5-10,13H2,1H3. The minimum Gasteiger partial charge on any atom is -0.379 e. The molecule has 1 aliphatic heterocycles. The molecule has 0 spiro atoms. The molecule has 1 heterocycles. The number of nitriles is 1. The van der Waals surface area contributed by atoms with E-state index in [9.17, 15) is 0 Å². The number of benzene rings is 1. The Balaban J connectivity index is 1.64. The molecule has 1 saturated heterocycles. The van der Waals surface area contributed by atoms with Crippen LogP contribution in [0.4, 0.5) is 0 Å². The number of hydrogen-bond acceptors (Lipinski definition) is 4. The molecule has 1 aliphatic rings. The van der Waals surface area contributed by atoms with Gasteiger partial charge in [-0.25, -0.2) is 0 Å². The second-order valence-corrected chi connectivity index (χ2v) is 5.24. The molecule has 20 heavy (non-hydrogen) atoms. The van der Waals surface area contributed by atoms with Gasteiger partial charge in [-0.1, -0.05) is 6.07 Å². The van der Waals surface area contributed by atoms with Crippen molar-refractivity contribution in [3.05, 3.63) is 34.9 Å². The fourth-order valence-corrected chi connectivity index (χ4v) is 2.44. The Morgan fingerprint density at radius 1 is 1.35 bits per heavy atom. The predicted molar refractivity (Wildman–Crippen MR) is 79.5 cm³/mol. The monoisotopic (exact) mass is 273 g/mol. The highest BCUT2D eigenvalue weighted by Crippen LogP contribution is 2.10. The molecule has 0 radical (unpaired) electrons. The highest BCUT2D eigenvalue weighted by Gasteiger charge is 2.08. The number of morpholine rings is 1. The number of nitrogens with one attached hydrogen (secondary N) is 1. The second-order valence-electron chi connectivity index (χ2n) is 5.24. The van der Waals surface area contributed by atoms with Gasteiger partial charge in [-0.2, -0.15) is 5.26 Å². The molecule has 4 heteroatoms. The van der Waals surface area contributed by atoms with Crippen LogP contribution in [0.1, 0.15) is 23.1 Å². The van der Waals surface area contributed by atoms with Crippen molar-refractivity contribution in [2.75, 3.05) is 39.4 Å². The van der Waals surface area contributed by atoms with E-state index >= 15 is 0 Å². The van der Waals surface area contributed by atoms with E-state index in [-0.39, 0.29) is 0 Å². The molecular weight excluding hydrogens is 250 g/mol. The Kier molecular flexibility index (Phi) is 6.00. The molecule has 108 valence electrons. The lowest BCUT2D eigenvalue weighted by molar-refractivity contribution is 0.0374. The van der Waals surface area contributed by atoms with E-state index in [4.69, 9.17) is 10.00 Å². The van der Waals surface area contributed by atoms with Gasteiger partial charge in [-0.15, -0.1) is 0 Å². The number of aryl methyl sites for hydroxylation is 1. The van der Waals surface area contributed by atoms with E-state index < -0.39 is 0 Å². The lowest BCUT2D eigenvalue weighted by Gasteiger charge is -2.26. The van der Waals surface area contributed by atoms with E-state index in [0.29, 0.717) is 0 Å². The summed E-state index contributed by atoms with van der Waals surface area (Å²) in [6, 6.07) is 8.05. The maximum atomic E-state index is 8.84. The summed E-state index contributed by atoms with van der Waals surface area (Å²) in [5.41, 5.74) is 3.19. The Labute approximate surface area is 121 Å². The Hall–Kier alpha value is -1.41. The van der Waals surface area contributed by atoms with E-state index in [1.165, 1.54) is 11.1 Å². The van der Waals surface area contributed by atoms with Crippen LogP contribution in [0, 0.1) is 18.3 Å². The van der Waals surface area contributed by atoms with Crippen LogP contribution < -0.4 is 5.32 Å². The lowest BCUT2D eigenvalue weighted by atomic mass is 10.1. The highest BCUT2D eigenvalue weighted by molar-refractivity contribution is 5.37. The molecule has 0 aliphatic carbocycles. The largest absolute Gasteiger partial charge is 0.379 e. The summed E-state index contributed by atoms with van der Waals surface area (Å²) in [5.74, 6) is 0. The quantitative estimate of drug-likeness (QED) is 0.801. The maximum absolute atomic E-state index is 8.84. The van der Waals surface area contributed by atoms with Crippen molar-refractivity contribution >= 4 is 0 Å². The first kappa shape index (κ1) is 15.0. The number of hydrogen-bond donors (Lipinski definition) is 1. The van der Waals surface area contributed by atoms with Crippen molar-refractivity contribution in [3.8, 4) is 6.07 Å².